The largest absolute Gasteiger partial charge is 0.378 e. The van der Waals surface area contributed by atoms with Gasteiger partial charge in [-0.1, -0.05) is 30.2 Å². The van der Waals surface area contributed by atoms with Gasteiger partial charge in [-0.2, -0.15) is 5.10 Å². The Morgan fingerprint density at radius 3 is 2.63 bits per heavy atom. The molecule has 6 nitrogen and oxygen atoms in total. The number of anilines is 1. The molecule has 0 aliphatic heterocycles. The van der Waals surface area contributed by atoms with E-state index in [0.717, 1.165) is 5.69 Å². The second kappa shape index (κ2) is 7.75. The highest BCUT2D eigenvalue weighted by atomic mass is 16.1. The van der Waals surface area contributed by atoms with Gasteiger partial charge in [-0.25, -0.2) is 4.68 Å². The Labute approximate surface area is 157 Å². The minimum atomic E-state index is -0.239. The van der Waals surface area contributed by atoms with Gasteiger partial charge in [-0.05, 0) is 24.3 Å². The van der Waals surface area contributed by atoms with E-state index in [-0.39, 0.29) is 24.6 Å². The van der Waals surface area contributed by atoms with Gasteiger partial charge in [0.2, 0.25) is 0 Å². The van der Waals surface area contributed by atoms with Crippen LogP contribution in [0.3, 0.4) is 0 Å². The average Bonchev–Trinajstić information content (AvgIpc) is 2.69. The number of terminal acetylenes is 1. The van der Waals surface area contributed by atoms with Crippen molar-refractivity contribution in [2.75, 3.05) is 19.0 Å². The molecule has 136 valence electrons. The van der Waals surface area contributed by atoms with Crippen LogP contribution in [0.2, 0.25) is 0 Å². The van der Waals surface area contributed by atoms with E-state index in [1.165, 1.54) is 4.68 Å². The average molecular weight is 360 g/mol. The van der Waals surface area contributed by atoms with Crippen LogP contribution in [0.4, 0.5) is 5.69 Å². The summed E-state index contributed by atoms with van der Waals surface area (Å²) in [7, 11) is 3.84. The molecule has 0 atom stereocenters. The molecule has 0 aliphatic carbocycles. The quantitative estimate of drug-likeness (QED) is 0.707. The maximum absolute atomic E-state index is 12.5. The molecule has 27 heavy (non-hydrogen) atoms. The normalized spacial score (nSPS) is 10.4. The fourth-order valence-corrected chi connectivity index (χ4v) is 2.82. The molecule has 1 amide bonds. The molecule has 0 unspecified atom stereocenters. The Balaban J connectivity index is 1.90. The molecule has 3 aromatic rings. The first kappa shape index (κ1) is 18.2. The second-order valence-corrected chi connectivity index (χ2v) is 6.29. The van der Waals surface area contributed by atoms with Gasteiger partial charge in [0.15, 0.2) is 0 Å². The molecule has 1 heterocycles. The van der Waals surface area contributed by atoms with Gasteiger partial charge in [0.05, 0.1) is 17.6 Å². The summed E-state index contributed by atoms with van der Waals surface area (Å²) < 4.78 is 1.25. The van der Waals surface area contributed by atoms with E-state index in [1.54, 1.807) is 18.2 Å². The lowest BCUT2D eigenvalue weighted by atomic mass is 10.1. The monoisotopic (exact) mass is 360 g/mol. The van der Waals surface area contributed by atoms with Crippen molar-refractivity contribution in [1.29, 1.82) is 0 Å². The molecule has 0 spiro atoms. The van der Waals surface area contributed by atoms with E-state index in [2.05, 4.69) is 16.3 Å². The molecule has 1 N–H and O–H groups in total. The lowest BCUT2D eigenvalue weighted by Crippen LogP contribution is -2.28. The first-order valence-corrected chi connectivity index (χ1v) is 8.49. The van der Waals surface area contributed by atoms with E-state index >= 15 is 0 Å². The molecule has 0 aliphatic rings. The molecule has 0 bridgehead atoms. The number of hydrogen-bond donors (Lipinski definition) is 1. The highest BCUT2D eigenvalue weighted by Crippen LogP contribution is 2.15. The van der Waals surface area contributed by atoms with Crippen LogP contribution in [0.5, 0.6) is 0 Å². The number of nitrogens with zero attached hydrogens (tertiary/aromatic N) is 3. The summed E-state index contributed by atoms with van der Waals surface area (Å²) in [6.45, 7) is 0.270. The first-order chi connectivity index (χ1) is 13.0. The third-order valence-electron chi connectivity index (χ3n) is 4.23. The van der Waals surface area contributed by atoms with E-state index in [4.69, 9.17) is 6.42 Å². The van der Waals surface area contributed by atoms with Crippen molar-refractivity contribution in [3.8, 4) is 12.3 Å². The Morgan fingerprint density at radius 2 is 1.93 bits per heavy atom. The van der Waals surface area contributed by atoms with Crippen LogP contribution < -0.4 is 15.8 Å². The summed E-state index contributed by atoms with van der Waals surface area (Å²) >= 11 is 0. The minimum Gasteiger partial charge on any atom is -0.378 e. The predicted octanol–water partition coefficient (Wildman–Crippen LogP) is 2.03. The fraction of sp³-hybridized carbons (Fsp3) is 0.190. The van der Waals surface area contributed by atoms with Gasteiger partial charge in [-0.3, -0.25) is 9.59 Å². The lowest BCUT2D eigenvalue weighted by Gasteiger charge is -2.14. The van der Waals surface area contributed by atoms with Crippen LogP contribution in [0.25, 0.3) is 10.8 Å². The summed E-state index contributed by atoms with van der Waals surface area (Å²) in [5, 5.41) is 8.45. The topological polar surface area (TPSA) is 67.2 Å². The van der Waals surface area contributed by atoms with Crippen LogP contribution in [-0.2, 0) is 13.1 Å². The van der Waals surface area contributed by atoms with Crippen molar-refractivity contribution in [2.24, 2.45) is 0 Å². The first-order valence-electron chi connectivity index (χ1n) is 8.49. The van der Waals surface area contributed by atoms with Crippen molar-refractivity contribution in [1.82, 2.24) is 15.1 Å². The van der Waals surface area contributed by atoms with Crippen molar-refractivity contribution < 1.29 is 4.79 Å². The van der Waals surface area contributed by atoms with Crippen LogP contribution >= 0.6 is 0 Å². The van der Waals surface area contributed by atoms with Crippen molar-refractivity contribution in [3.05, 3.63) is 70.1 Å². The summed E-state index contributed by atoms with van der Waals surface area (Å²) in [4.78, 5) is 26.9. The highest BCUT2D eigenvalue weighted by molar-refractivity contribution is 5.95. The Kier molecular flexibility index (Phi) is 5.23. The molecule has 6 heteroatoms. The van der Waals surface area contributed by atoms with Crippen LogP contribution in [0.15, 0.2) is 53.3 Å². The number of aromatic nitrogens is 2. The second-order valence-electron chi connectivity index (χ2n) is 6.29. The van der Waals surface area contributed by atoms with Crippen molar-refractivity contribution >= 4 is 22.4 Å². The number of nitrogens with one attached hydrogen (secondary N) is 1. The van der Waals surface area contributed by atoms with E-state index in [0.29, 0.717) is 22.0 Å². The summed E-state index contributed by atoms with van der Waals surface area (Å²) in [6.07, 6.45) is 5.34. The van der Waals surface area contributed by atoms with Gasteiger partial charge in [0.25, 0.3) is 11.5 Å². The number of benzene rings is 2. The molecule has 0 saturated heterocycles. The SMILES string of the molecule is C#CCn1nc(CNC(=O)c2cccc(N(C)C)c2)c2ccccc2c1=O. The number of fused-ring (bicyclic) bond motifs is 1. The maximum Gasteiger partial charge on any atom is 0.275 e. The summed E-state index contributed by atoms with van der Waals surface area (Å²) in [6, 6.07) is 14.5. The molecule has 0 saturated carbocycles. The van der Waals surface area contributed by atoms with Crippen LogP contribution in [0.1, 0.15) is 16.1 Å². The molecule has 2 aromatic carbocycles. The third-order valence-corrected chi connectivity index (χ3v) is 4.23. The Bertz CT molecular complexity index is 1090. The zero-order valence-corrected chi connectivity index (χ0v) is 15.3. The molecule has 1 aromatic heterocycles. The van der Waals surface area contributed by atoms with Crippen molar-refractivity contribution in [2.45, 2.75) is 13.1 Å². The van der Waals surface area contributed by atoms with Gasteiger partial charge >= 0.3 is 0 Å². The summed E-state index contributed by atoms with van der Waals surface area (Å²) in [5.41, 5.74) is 1.85. The number of amides is 1. The van der Waals surface area contributed by atoms with E-state index < -0.39 is 0 Å². The zero-order valence-electron chi connectivity index (χ0n) is 15.3. The van der Waals surface area contributed by atoms with Crippen LogP contribution in [-0.4, -0.2) is 29.8 Å². The standard InChI is InChI=1S/C21H20N4O2/c1-4-12-25-21(27)18-11-6-5-10-17(18)19(23-25)14-22-20(26)15-8-7-9-16(13-15)24(2)3/h1,5-11,13H,12,14H2,2-3H3,(H,22,26). The maximum atomic E-state index is 12.5. The molecular weight excluding hydrogens is 340 g/mol. The Hall–Kier alpha value is -3.59. The minimum absolute atomic E-state index is 0.0789. The number of hydrogen-bond acceptors (Lipinski definition) is 4. The number of rotatable bonds is 5. The van der Waals surface area contributed by atoms with Crippen molar-refractivity contribution in [3.63, 3.8) is 0 Å². The number of carbonyl (C=O) groups is 1. The molecule has 0 fully saturated rings. The fourth-order valence-electron chi connectivity index (χ4n) is 2.82. The highest BCUT2D eigenvalue weighted by Gasteiger charge is 2.12. The summed E-state index contributed by atoms with van der Waals surface area (Å²) in [5.74, 6) is 2.22. The van der Waals surface area contributed by atoms with Gasteiger partial charge in [0.1, 0.15) is 6.54 Å². The zero-order chi connectivity index (χ0) is 19.4. The smallest absolute Gasteiger partial charge is 0.275 e. The molecule has 0 radical (unpaired) electrons. The molecular formula is C21H20N4O2. The predicted molar refractivity (Wildman–Crippen MR) is 107 cm³/mol. The van der Waals surface area contributed by atoms with E-state index in [1.807, 2.05) is 49.3 Å². The van der Waals surface area contributed by atoms with Gasteiger partial charge in [0, 0.05) is 30.7 Å². The third kappa shape index (κ3) is 3.82. The van der Waals surface area contributed by atoms with E-state index in [9.17, 15) is 9.59 Å². The number of carbonyl (C=O) groups excluding carboxylic acids is 1. The molecule has 3 rings (SSSR count). The van der Waals surface area contributed by atoms with Crippen LogP contribution in [0, 0.1) is 12.3 Å². The van der Waals surface area contributed by atoms with Gasteiger partial charge in [-0.15, -0.1) is 6.42 Å². The Morgan fingerprint density at radius 1 is 1.19 bits per heavy atom. The lowest BCUT2D eigenvalue weighted by molar-refractivity contribution is 0.0950. The van der Waals surface area contributed by atoms with Gasteiger partial charge < -0.3 is 10.2 Å².